The summed E-state index contributed by atoms with van der Waals surface area (Å²) < 4.78 is 4.49. The van der Waals surface area contributed by atoms with Gasteiger partial charge in [-0.25, -0.2) is 4.79 Å². The Balaban J connectivity index is 2.23. The van der Waals surface area contributed by atoms with Crippen LogP contribution in [0.25, 0.3) is 0 Å². The third-order valence-corrected chi connectivity index (χ3v) is 3.01. The van der Waals surface area contributed by atoms with Gasteiger partial charge in [-0.1, -0.05) is 12.1 Å². The van der Waals surface area contributed by atoms with Gasteiger partial charge in [-0.2, -0.15) is 0 Å². The molecule has 0 spiro atoms. The fourth-order valence-electron chi connectivity index (χ4n) is 1.99. The van der Waals surface area contributed by atoms with Crippen molar-refractivity contribution in [1.29, 1.82) is 0 Å². The van der Waals surface area contributed by atoms with Gasteiger partial charge in [0.15, 0.2) is 6.10 Å². The van der Waals surface area contributed by atoms with Crippen molar-refractivity contribution < 1.29 is 19.4 Å². The van der Waals surface area contributed by atoms with Crippen LogP contribution < -0.4 is 10.2 Å². The van der Waals surface area contributed by atoms with Crippen molar-refractivity contribution in [3.05, 3.63) is 29.8 Å². The molecule has 1 fully saturated rings. The fourth-order valence-corrected chi connectivity index (χ4v) is 1.99. The van der Waals surface area contributed by atoms with Crippen LogP contribution in [0.4, 0.5) is 5.69 Å². The number of carbonyl (C=O) groups excluding carboxylic acids is 2. The maximum atomic E-state index is 11.8. The Morgan fingerprint density at radius 1 is 1.53 bits per heavy atom. The number of hydrogen-bond donors (Lipinski definition) is 2. The number of benzene rings is 1. The topological polar surface area (TPSA) is 78.9 Å². The van der Waals surface area contributed by atoms with Crippen LogP contribution in [-0.2, 0) is 14.3 Å². The predicted molar refractivity (Wildman–Crippen MR) is 68.6 cm³/mol. The zero-order valence-electron chi connectivity index (χ0n) is 10.6. The minimum atomic E-state index is -1.33. The molecule has 2 rings (SSSR count). The largest absolute Gasteiger partial charge is 0.467 e. The number of aliphatic hydroxyl groups is 1. The molecule has 6 nitrogen and oxygen atoms in total. The van der Waals surface area contributed by atoms with Gasteiger partial charge in [0.2, 0.25) is 5.91 Å². The lowest BCUT2D eigenvalue weighted by atomic mass is 10.1. The van der Waals surface area contributed by atoms with Crippen molar-refractivity contribution in [2.24, 2.45) is 0 Å². The van der Waals surface area contributed by atoms with Crippen LogP contribution >= 0.6 is 0 Å². The van der Waals surface area contributed by atoms with E-state index in [-0.39, 0.29) is 5.91 Å². The van der Waals surface area contributed by atoms with Gasteiger partial charge in [0.1, 0.15) is 0 Å². The van der Waals surface area contributed by atoms with Crippen molar-refractivity contribution in [1.82, 2.24) is 5.32 Å². The Bertz CT molecular complexity index is 489. The second kappa shape index (κ2) is 5.81. The molecule has 0 saturated carbocycles. The van der Waals surface area contributed by atoms with Gasteiger partial charge < -0.3 is 20.1 Å². The zero-order valence-corrected chi connectivity index (χ0v) is 10.6. The van der Waals surface area contributed by atoms with E-state index in [1.165, 1.54) is 7.11 Å². The SMILES string of the molecule is COC(=O)C(O)c1cccc(N2CCNCC2=O)c1. The molecule has 2 N–H and O–H groups in total. The van der Waals surface area contributed by atoms with Crippen molar-refractivity contribution >= 4 is 17.6 Å². The summed E-state index contributed by atoms with van der Waals surface area (Å²) in [5.74, 6) is -0.750. The molecule has 1 aromatic carbocycles. The quantitative estimate of drug-likeness (QED) is 0.741. The Morgan fingerprint density at radius 2 is 2.32 bits per heavy atom. The van der Waals surface area contributed by atoms with Gasteiger partial charge in [0.05, 0.1) is 13.7 Å². The first kappa shape index (κ1) is 13.5. The summed E-state index contributed by atoms with van der Waals surface area (Å²) in [7, 11) is 1.22. The average Bonchev–Trinajstić information content (AvgIpc) is 2.46. The van der Waals surface area contributed by atoms with E-state index in [0.717, 1.165) is 6.54 Å². The molecule has 1 amide bonds. The first-order valence-corrected chi connectivity index (χ1v) is 6.00. The molecule has 1 heterocycles. The van der Waals surface area contributed by atoms with E-state index in [2.05, 4.69) is 10.1 Å². The lowest BCUT2D eigenvalue weighted by molar-refractivity contribution is -0.150. The molecule has 1 aromatic rings. The van der Waals surface area contributed by atoms with Gasteiger partial charge in [0, 0.05) is 18.8 Å². The molecule has 1 saturated heterocycles. The number of esters is 1. The number of rotatable bonds is 3. The lowest BCUT2D eigenvalue weighted by Gasteiger charge is -2.28. The maximum absolute atomic E-state index is 11.8. The smallest absolute Gasteiger partial charge is 0.339 e. The standard InChI is InChI=1S/C13H16N2O4/c1-19-13(18)12(17)9-3-2-4-10(7-9)15-6-5-14-8-11(15)16/h2-4,7,12,14,17H,5-6,8H2,1H3. The highest BCUT2D eigenvalue weighted by atomic mass is 16.5. The van der Waals surface area contributed by atoms with Gasteiger partial charge >= 0.3 is 5.97 Å². The van der Waals surface area contributed by atoms with Crippen LogP contribution in [0.3, 0.4) is 0 Å². The summed E-state index contributed by atoms with van der Waals surface area (Å²) in [5.41, 5.74) is 1.09. The number of carbonyl (C=O) groups is 2. The molecule has 102 valence electrons. The van der Waals surface area contributed by atoms with Crippen LogP contribution in [0.15, 0.2) is 24.3 Å². The Morgan fingerprint density at radius 3 is 3.00 bits per heavy atom. The van der Waals surface area contributed by atoms with Gasteiger partial charge in [-0.15, -0.1) is 0 Å². The molecule has 1 aliphatic heterocycles. The summed E-state index contributed by atoms with van der Waals surface area (Å²) in [4.78, 5) is 24.7. The van der Waals surface area contributed by atoms with Crippen LogP contribution in [0.1, 0.15) is 11.7 Å². The molecule has 1 atom stereocenters. The molecule has 0 bridgehead atoms. The molecule has 6 heteroatoms. The summed E-state index contributed by atoms with van der Waals surface area (Å²) >= 11 is 0. The second-order valence-electron chi connectivity index (χ2n) is 4.24. The highest BCUT2D eigenvalue weighted by molar-refractivity contribution is 5.95. The van der Waals surface area contributed by atoms with E-state index in [4.69, 9.17) is 0 Å². The molecular formula is C13H16N2O4. The number of aliphatic hydroxyl groups excluding tert-OH is 1. The number of piperazine rings is 1. The lowest BCUT2D eigenvalue weighted by Crippen LogP contribution is -2.48. The van der Waals surface area contributed by atoms with E-state index in [1.807, 2.05) is 0 Å². The van der Waals surface area contributed by atoms with Crippen LogP contribution in [0, 0.1) is 0 Å². The Hall–Kier alpha value is -1.92. The van der Waals surface area contributed by atoms with Gasteiger partial charge in [0.25, 0.3) is 0 Å². The summed E-state index contributed by atoms with van der Waals surface area (Å²) in [6, 6.07) is 6.73. The summed E-state index contributed by atoms with van der Waals surface area (Å²) in [5, 5.41) is 12.8. The Labute approximate surface area is 111 Å². The van der Waals surface area contributed by atoms with Crippen molar-refractivity contribution in [2.75, 3.05) is 31.6 Å². The first-order chi connectivity index (χ1) is 9.13. The van der Waals surface area contributed by atoms with Crippen LogP contribution in [0.5, 0.6) is 0 Å². The maximum Gasteiger partial charge on any atom is 0.339 e. The van der Waals surface area contributed by atoms with Crippen molar-refractivity contribution in [3.8, 4) is 0 Å². The van der Waals surface area contributed by atoms with Crippen molar-refractivity contribution in [2.45, 2.75) is 6.10 Å². The molecule has 0 aliphatic carbocycles. The fraction of sp³-hybridized carbons (Fsp3) is 0.385. The number of anilines is 1. The van der Waals surface area contributed by atoms with E-state index < -0.39 is 12.1 Å². The number of amides is 1. The van der Waals surface area contributed by atoms with E-state index in [1.54, 1.807) is 29.2 Å². The van der Waals surface area contributed by atoms with Crippen LogP contribution in [-0.4, -0.2) is 43.7 Å². The molecule has 0 radical (unpaired) electrons. The Kier molecular flexibility index (Phi) is 4.13. The molecule has 1 unspecified atom stereocenters. The summed E-state index contributed by atoms with van der Waals surface area (Å²) in [6.07, 6.45) is -1.33. The zero-order chi connectivity index (χ0) is 13.8. The minimum absolute atomic E-state index is 0.0315. The predicted octanol–water partition coefficient (Wildman–Crippen LogP) is -0.171. The van der Waals surface area contributed by atoms with Crippen molar-refractivity contribution in [3.63, 3.8) is 0 Å². The third kappa shape index (κ3) is 2.91. The third-order valence-electron chi connectivity index (χ3n) is 3.01. The molecule has 1 aliphatic rings. The minimum Gasteiger partial charge on any atom is -0.467 e. The second-order valence-corrected chi connectivity index (χ2v) is 4.24. The van der Waals surface area contributed by atoms with E-state index in [0.29, 0.717) is 24.3 Å². The molecule has 0 aromatic heterocycles. The van der Waals surface area contributed by atoms with E-state index >= 15 is 0 Å². The highest BCUT2D eigenvalue weighted by Gasteiger charge is 2.22. The molecular weight excluding hydrogens is 248 g/mol. The number of methoxy groups -OCH3 is 1. The normalized spacial score (nSPS) is 17.2. The van der Waals surface area contributed by atoms with Crippen LogP contribution in [0.2, 0.25) is 0 Å². The first-order valence-electron chi connectivity index (χ1n) is 6.00. The van der Waals surface area contributed by atoms with Gasteiger partial charge in [-0.05, 0) is 17.7 Å². The summed E-state index contributed by atoms with van der Waals surface area (Å²) in [6.45, 7) is 1.58. The van der Waals surface area contributed by atoms with E-state index in [9.17, 15) is 14.7 Å². The average molecular weight is 264 g/mol. The monoisotopic (exact) mass is 264 g/mol. The van der Waals surface area contributed by atoms with Gasteiger partial charge in [-0.3, -0.25) is 4.79 Å². The molecule has 19 heavy (non-hydrogen) atoms. The number of nitrogens with one attached hydrogen (secondary N) is 1. The highest BCUT2D eigenvalue weighted by Crippen LogP contribution is 2.22. The number of ether oxygens (including phenoxy) is 1. The number of nitrogens with zero attached hydrogens (tertiary/aromatic N) is 1. The number of hydrogen-bond acceptors (Lipinski definition) is 5.